The molecule has 2 aromatic rings. The van der Waals surface area contributed by atoms with Crippen molar-refractivity contribution in [3.05, 3.63) is 59.7 Å². The highest BCUT2D eigenvalue weighted by molar-refractivity contribution is 5.79. The first-order valence-electron chi connectivity index (χ1n) is 7.97. The van der Waals surface area contributed by atoms with E-state index in [9.17, 15) is 15.0 Å². The highest BCUT2D eigenvalue weighted by Gasteiger charge is 2.31. The highest BCUT2D eigenvalue weighted by atomic mass is 16.5. The van der Waals surface area contributed by atoms with Crippen molar-refractivity contribution in [1.29, 1.82) is 0 Å². The van der Waals surface area contributed by atoms with E-state index in [0.29, 0.717) is 0 Å². The molecule has 0 bridgehead atoms. The number of alkyl carbamates (subject to hydrolysis) is 1. The Bertz CT molecular complexity index is 775. The molecule has 25 heavy (non-hydrogen) atoms. The third kappa shape index (κ3) is 3.10. The number of fused-ring (bicyclic) bond motifs is 3. The van der Waals surface area contributed by atoms with E-state index in [2.05, 4.69) is 23.4 Å². The summed E-state index contributed by atoms with van der Waals surface area (Å²) in [4.78, 5) is 12.1. The van der Waals surface area contributed by atoms with E-state index in [0.717, 1.165) is 22.3 Å². The summed E-state index contributed by atoms with van der Waals surface area (Å²) in [6.07, 6.45) is 4.51. The Morgan fingerprint density at radius 3 is 2.08 bits per heavy atom. The number of ether oxygens (including phenoxy) is 1. The molecule has 0 radical (unpaired) electrons. The molecule has 0 aromatic heterocycles. The standard InChI is InChI=1S/C20H19NO4/c1-2-20(12-22,13-23)21-19(24)25-11-18-16-9-5-3-7-14(16)15-8-4-6-10-17(15)18/h1,3-10,18,22-23H,11-13H2,(H,21,24). The molecular weight excluding hydrogens is 318 g/mol. The molecule has 0 heterocycles. The maximum absolute atomic E-state index is 12.1. The second kappa shape index (κ2) is 6.98. The van der Waals surface area contributed by atoms with Crippen LogP contribution in [-0.4, -0.2) is 41.7 Å². The Morgan fingerprint density at radius 2 is 1.60 bits per heavy atom. The molecule has 1 aliphatic rings. The molecule has 5 heteroatoms. The minimum atomic E-state index is -1.53. The third-order valence-electron chi connectivity index (χ3n) is 4.50. The largest absolute Gasteiger partial charge is 0.449 e. The Morgan fingerprint density at radius 1 is 1.08 bits per heavy atom. The summed E-state index contributed by atoms with van der Waals surface area (Å²) in [7, 11) is 0. The van der Waals surface area contributed by atoms with Gasteiger partial charge in [-0.25, -0.2) is 4.79 Å². The molecule has 0 spiro atoms. The topological polar surface area (TPSA) is 78.8 Å². The van der Waals surface area contributed by atoms with Crippen LogP contribution in [-0.2, 0) is 4.74 Å². The van der Waals surface area contributed by atoms with Gasteiger partial charge in [0.2, 0.25) is 0 Å². The van der Waals surface area contributed by atoms with Gasteiger partial charge in [0.1, 0.15) is 12.1 Å². The summed E-state index contributed by atoms with van der Waals surface area (Å²) in [5.74, 6) is 2.13. The van der Waals surface area contributed by atoms with Crippen LogP contribution < -0.4 is 5.32 Å². The number of carbonyl (C=O) groups excluding carboxylic acids is 1. The number of hydrogen-bond donors (Lipinski definition) is 3. The molecule has 1 amide bonds. The average molecular weight is 337 g/mol. The fourth-order valence-corrected chi connectivity index (χ4v) is 3.09. The van der Waals surface area contributed by atoms with Crippen LogP contribution in [0.1, 0.15) is 17.0 Å². The first-order valence-corrected chi connectivity index (χ1v) is 7.97. The molecule has 0 saturated heterocycles. The van der Waals surface area contributed by atoms with E-state index >= 15 is 0 Å². The van der Waals surface area contributed by atoms with Crippen LogP contribution in [0.5, 0.6) is 0 Å². The van der Waals surface area contributed by atoms with Gasteiger partial charge in [-0.15, -0.1) is 6.42 Å². The quantitative estimate of drug-likeness (QED) is 0.728. The first-order chi connectivity index (χ1) is 12.1. The second-order valence-electron chi connectivity index (χ2n) is 5.99. The van der Waals surface area contributed by atoms with Gasteiger partial charge in [0.05, 0.1) is 13.2 Å². The van der Waals surface area contributed by atoms with E-state index in [1.165, 1.54) is 0 Å². The normalized spacial score (nSPS) is 12.8. The average Bonchev–Trinajstić information content (AvgIpc) is 2.98. The number of benzene rings is 2. The van der Waals surface area contributed by atoms with Gasteiger partial charge in [0, 0.05) is 5.92 Å². The lowest BCUT2D eigenvalue weighted by atomic mass is 9.98. The van der Waals surface area contributed by atoms with E-state index in [1.54, 1.807) is 0 Å². The van der Waals surface area contributed by atoms with E-state index in [-0.39, 0.29) is 12.5 Å². The molecule has 128 valence electrons. The number of carbonyl (C=O) groups is 1. The van der Waals surface area contributed by atoms with E-state index < -0.39 is 24.8 Å². The molecule has 3 N–H and O–H groups in total. The number of hydrogen-bond acceptors (Lipinski definition) is 4. The van der Waals surface area contributed by atoms with Crippen LogP contribution >= 0.6 is 0 Å². The van der Waals surface area contributed by atoms with Crippen LogP contribution in [0.4, 0.5) is 4.79 Å². The number of nitrogens with one attached hydrogen (secondary N) is 1. The molecule has 0 fully saturated rings. The predicted octanol–water partition coefficient (Wildman–Crippen LogP) is 1.88. The van der Waals surface area contributed by atoms with Crippen LogP contribution in [0, 0.1) is 12.3 Å². The minimum absolute atomic E-state index is 0.0679. The molecule has 0 aliphatic heterocycles. The zero-order valence-corrected chi connectivity index (χ0v) is 13.6. The fraction of sp³-hybridized carbons (Fsp3) is 0.250. The Kier molecular flexibility index (Phi) is 4.75. The summed E-state index contributed by atoms with van der Waals surface area (Å²) >= 11 is 0. The number of rotatable bonds is 5. The van der Waals surface area contributed by atoms with Gasteiger partial charge in [-0.1, -0.05) is 54.5 Å². The minimum Gasteiger partial charge on any atom is -0.449 e. The number of aliphatic hydroxyl groups is 2. The lowest BCUT2D eigenvalue weighted by Crippen LogP contribution is -2.53. The van der Waals surface area contributed by atoms with Crippen LogP contribution in [0.15, 0.2) is 48.5 Å². The maximum atomic E-state index is 12.1. The molecule has 0 unspecified atom stereocenters. The Hall–Kier alpha value is -2.81. The van der Waals surface area contributed by atoms with Crippen LogP contribution in [0.25, 0.3) is 11.1 Å². The lowest BCUT2D eigenvalue weighted by molar-refractivity contribution is 0.0995. The van der Waals surface area contributed by atoms with Gasteiger partial charge >= 0.3 is 6.09 Å². The molecule has 0 saturated carbocycles. The fourth-order valence-electron chi connectivity index (χ4n) is 3.09. The van der Waals surface area contributed by atoms with Gasteiger partial charge in [0.15, 0.2) is 0 Å². The molecule has 5 nitrogen and oxygen atoms in total. The van der Waals surface area contributed by atoms with Gasteiger partial charge in [0.25, 0.3) is 0 Å². The van der Waals surface area contributed by atoms with Crippen molar-refractivity contribution in [2.45, 2.75) is 11.5 Å². The smallest absolute Gasteiger partial charge is 0.408 e. The van der Waals surface area contributed by atoms with Crippen molar-refractivity contribution in [2.24, 2.45) is 0 Å². The van der Waals surface area contributed by atoms with E-state index in [4.69, 9.17) is 11.2 Å². The van der Waals surface area contributed by atoms with Gasteiger partial charge < -0.3 is 20.3 Å². The lowest BCUT2D eigenvalue weighted by Gasteiger charge is -2.25. The summed E-state index contributed by atoms with van der Waals surface area (Å²) in [6, 6.07) is 16.0. The number of amides is 1. The zero-order valence-electron chi connectivity index (χ0n) is 13.6. The third-order valence-corrected chi connectivity index (χ3v) is 4.50. The molecular formula is C20H19NO4. The van der Waals surface area contributed by atoms with Gasteiger partial charge in [-0.2, -0.15) is 0 Å². The van der Waals surface area contributed by atoms with Crippen molar-refractivity contribution < 1.29 is 19.7 Å². The van der Waals surface area contributed by atoms with Crippen molar-refractivity contribution >= 4 is 6.09 Å². The first kappa shape index (κ1) is 17.0. The number of terminal acetylenes is 1. The molecule has 3 rings (SSSR count). The molecule has 2 aromatic carbocycles. The zero-order chi connectivity index (χ0) is 17.9. The van der Waals surface area contributed by atoms with Crippen molar-refractivity contribution in [3.63, 3.8) is 0 Å². The Labute approximate surface area is 146 Å². The van der Waals surface area contributed by atoms with Crippen LogP contribution in [0.2, 0.25) is 0 Å². The van der Waals surface area contributed by atoms with Crippen LogP contribution in [0.3, 0.4) is 0 Å². The summed E-state index contributed by atoms with van der Waals surface area (Å²) < 4.78 is 5.33. The summed E-state index contributed by atoms with van der Waals surface area (Å²) in [5, 5.41) is 20.9. The van der Waals surface area contributed by atoms with Gasteiger partial charge in [-0.3, -0.25) is 0 Å². The predicted molar refractivity (Wildman–Crippen MR) is 93.9 cm³/mol. The number of aliphatic hydroxyl groups excluding tert-OH is 2. The SMILES string of the molecule is C#CC(CO)(CO)NC(=O)OCC1c2ccccc2-c2ccccc21. The van der Waals surface area contributed by atoms with E-state index in [1.807, 2.05) is 36.4 Å². The van der Waals surface area contributed by atoms with Crippen molar-refractivity contribution in [2.75, 3.05) is 19.8 Å². The molecule has 1 aliphatic carbocycles. The van der Waals surface area contributed by atoms with Gasteiger partial charge in [-0.05, 0) is 22.3 Å². The molecule has 0 atom stereocenters. The van der Waals surface area contributed by atoms with Crippen molar-refractivity contribution in [1.82, 2.24) is 5.32 Å². The highest BCUT2D eigenvalue weighted by Crippen LogP contribution is 2.44. The van der Waals surface area contributed by atoms with Crippen molar-refractivity contribution in [3.8, 4) is 23.5 Å². The monoisotopic (exact) mass is 337 g/mol. The second-order valence-corrected chi connectivity index (χ2v) is 5.99. The Balaban J connectivity index is 1.76. The summed E-state index contributed by atoms with van der Waals surface area (Å²) in [6.45, 7) is -1.02. The summed E-state index contributed by atoms with van der Waals surface area (Å²) in [5.41, 5.74) is 2.95. The maximum Gasteiger partial charge on any atom is 0.408 e.